The van der Waals surface area contributed by atoms with Crippen molar-refractivity contribution < 1.29 is 13.3 Å². The van der Waals surface area contributed by atoms with Crippen LogP contribution in [0.2, 0.25) is 0 Å². The summed E-state index contributed by atoms with van der Waals surface area (Å²) in [6.07, 6.45) is 2.88. The molecule has 3 nitrogen and oxygen atoms in total. The molecule has 120 valence electrons. The normalized spacial score (nSPS) is 11.9. The van der Waals surface area contributed by atoms with Crippen molar-refractivity contribution in [3.8, 4) is 0 Å². The van der Waals surface area contributed by atoms with Crippen molar-refractivity contribution in [3.63, 3.8) is 0 Å². The fraction of sp³-hybridized carbons (Fsp3) is 0.625. The molecule has 0 aliphatic carbocycles. The molecule has 0 saturated carbocycles. The zero-order valence-corrected chi connectivity index (χ0v) is 16.7. The lowest BCUT2D eigenvalue weighted by Gasteiger charge is -2.31. The van der Waals surface area contributed by atoms with E-state index < -0.39 is 8.80 Å². The minimum Gasteiger partial charge on any atom is -0.370 e. The molecule has 5 heteroatoms. The molecule has 0 aromatic heterocycles. The van der Waals surface area contributed by atoms with Gasteiger partial charge >= 0.3 is 8.80 Å². The highest BCUT2D eigenvalue weighted by atomic mass is 127. The number of benzene rings is 1. The fourth-order valence-corrected chi connectivity index (χ4v) is 5.79. The molecule has 0 heterocycles. The van der Waals surface area contributed by atoms with E-state index in [1.165, 1.54) is 9.13 Å². The Morgan fingerprint density at radius 3 is 1.81 bits per heavy atom. The predicted octanol–water partition coefficient (Wildman–Crippen LogP) is 4.03. The lowest BCUT2D eigenvalue weighted by Crippen LogP contribution is -2.58. The van der Waals surface area contributed by atoms with Gasteiger partial charge in [0.1, 0.15) is 0 Å². The van der Waals surface area contributed by atoms with Crippen LogP contribution in [0.25, 0.3) is 0 Å². The molecule has 0 bridgehead atoms. The second-order valence-corrected chi connectivity index (χ2v) is 8.69. The van der Waals surface area contributed by atoms with Crippen molar-refractivity contribution in [1.29, 1.82) is 0 Å². The number of hydrogen-bond donors (Lipinski definition) is 0. The molecule has 0 radical (unpaired) electrons. The molecular formula is C16H27IO3Si. The Morgan fingerprint density at radius 1 is 0.905 bits per heavy atom. The van der Waals surface area contributed by atoms with Crippen molar-refractivity contribution in [3.05, 3.63) is 27.3 Å². The minimum atomic E-state index is -2.82. The molecule has 0 unspecified atom stereocenters. The van der Waals surface area contributed by atoms with Crippen LogP contribution in [0.5, 0.6) is 0 Å². The third-order valence-corrected chi connectivity index (χ3v) is 7.21. The smallest absolute Gasteiger partial charge is 0.370 e. The van der Waals surface area contributed by atoms with E-state index in [1.807, 2.05) is 0 Å². The topological polar surface area (TPSA) is 27.7 Å². The van der Waals surface area contributed by atoms with Gasteiger partial charge in [-0.15, -0.1) is 0 Å². The van der Waals surface area contributed by atoms with Crippen LogP contribution in [-0.4, -0.2) is 28.6 Å². The fourth-order valence-electron chi connectivity index (χ4n) is 2.01. The number of halogens is 1. The van der Waals surface area contributed by atoms with Gasteiger partial charge in [0.05, 0.1) is 0 Å². The van der Waals surface area contributed by atoms with E-state index in [0.29, 0.717) is 19.8 Å². The van der Waals surface area contributed by atoms with Crippen molar-refractivity contribution in [2.24, 2.45) is 0 Å². The minimum absolute atomic E-state index is 0.671. The van der Waals surface area contributed by atoms with Gasteiger partial charge in [-0.25, -0.2) is 0 Å². The summed E-state index contributed by atoms with van der Waals surface area (Å²) in [7, 11) is -2.82. The summed E-state index contributed by atoms with van der Waals surface area (Å²) in [4.78, 5) is 0. The van der Waals surface area contributed by atoms with Gasteiger partial charge in [0.2, 0.25) is 0 Å². The molecule has 0 saturated heterocycles. The van der Waals surface area contributed by atoms with Crippen LogP contribution < -0.4 is 5.19 Å². The summed E-state index contributed by atoms with van der Waals surface area (Å²) in [6.45, 7) is 10.5. The number of rotatable bonds is 10. The maximum Gasteiger partial charge on any atom is 0.537 e. The van der Waals surface area contributed by atoms with Gasteiger partial charge in [0.15, 0.2) is 0 Å². The van der Waals surface area contributed by atoms with Gasteiger partial charge in [0.25, 0.3) is 0 Å². The molecule has 0 spiro atoms. The third-order valence-electron chi connectivity index (χ3n) is 3.09. The first kappa shape index (κ1) is 19.1. The lowest BCUT2D eigenvalue weighted by atomic mass is 10.2. The van der Waals surface area contributed by atoms with Crippen LogP contribution in [0.4, 0.5) is 0 Å². The highest BCUT2D eigenvalue weighted by molar-refractivity contribution is 14.1. The molecule has 1 aromatic carbocycles. The molecule has 0 fully saturated rings. The first-order valence-corrected chi connectivity index (χ1v) is 10.6. The summed E-state index contributed by atoms with van der Waals surface area (Å²) in [5.41, 5.74) is 1.22. The maximum absolute atomic E-state index is 6.20. The van der Waals surface area contributed by atoms with Crippen molar-refractivity contribution >= 4 is 36.6 Å². The zero-order valence-electron chi connectivity index (χ0n) is 13.6. The van der Waals surface area contributed by atoms with Crippen LogP contribution in [0.1, 0.15) is 45.6 Å². The Hall–Kier alpha value is 0.0469. The monoisotopic (exact) mass is 422 g/mol. The zero-order chi connectivity index (χ0) is 15.7. The van der Waals surface area contributed by atoms with E-state index >= 15 is 0 Å². The van der Waals surface area contributed by atoms with E-state index in [9.17, 15) is 0 Å². The summed E-state index contributed by atoms with van der Waals surface area (Å²) in [5, 5.41) is 1.12. The molecule has 0 amide bonds. The van der Waals surface area contributed by atoms with Crippen molar-refractivity contribution in [2.75, 3.05) is 19.8 Å². The SMILES string of the molecule is CCCO[Si](OCCC)(OCCC)c1cccc(I)c1C. The van der Waals surface area contributed by atoms with Crippen LogP contribution in [-0.2, 0) is 13.3 Å². The Balaban J connectivity index is 3.19. The van der Waals surface area contributed by atoms with Gasteiger partial charge in [-0.1, -0.05) is 32.9 Å². The second-order valence-electron chi connectivity index (χ2n) is 5.01. The average Bonchev–Trinajstić information content (AvgIpc) is 2.50. The van der Waals surface area contributed by atoms with Crippen LogP contribution in [0.15, 0.2) is 18.2 Å². The van der Waals surface area contributed by atoms with Gasteiger partial charge in [-0.3, -0.25) is 0 Å². The first-order valence-electron chi connectivity index (χ1n) is 7.78. The van der Waals surface area contributed by atoms with Crippen LogP contribution in [0.3, 0.4) is 0 Å². The lowest BCUT2D eigenvalue weighted by molar-refractivity contribution is 0.0730. The predicted molar refractivity (Wildman–Crippen MR) is 98.0 cm³/mol. The van der Waals surface area contributed by atoms with Crippen molar-refractivity contribution in [1.82, 2.24) is 0 Å². The van der Waals surface area contributed by atoms with Crippen LogP contribution >= 0.6 is 22.6 Å². The van der Waals surface area contributed by atoms with Crippen molar-refractivity contribution in [2.45, 2.75) is 47.0 Å². The molecule has 0 aliphatic heterocycles. The molecular weight excluding hydrogens is 395 g/mol. The van der Waals surface area contributed by atoms with E-state index in [-0.39, 0.29) is 0 Å². The average molecular weight is 422 g/mol. The Bertz CT molecular complexity index is 404. The Kier molecular flexibility index (Phi) is 9.04. The number of hydrogen-bond acceptors (Lipinski definition) is 3. The largest absolute Gasteiger partial charge is 0.537 e. The molecule has 1 rings (SSSR count). The Labute approximate surface area is 143 Å². The molecule has 1 aromatic rings. The standard InChI is InChI=1S/C16H27IO3Si/c1-5-11-18-21(19-12-6-2,20-13-7-3)16-10-8-9-15(17)14(16)4/h8-10H,5-7,11-13H2,1-4H3. The van der Waals surface area contributed by atoms with Crippen LogP contribution in [0, 0.1) is 10.5 Å². The summed E-state index contributed by atoms with van der Waals surface area (Å²) in [6, 6.07) is 6.27. The van der Waals surface area contributed by atoms with E-state index in [4.69, 9.17) is 13.3 Å². The summed E-state index contributed by atoms with van der Waals surface area (Å²) in [5.74, 6) is 0. The van der Waals surface area contributed by atoms with E-state index in [0.717, 1.165) is 24.4 Å². The van der Waals surface area contributed by atoms with E-state index in [2.05, 4.69) is 68.5 Å². The third kappa shape index (κ3) is 5.32. The van der Waals surface area contributed by atoms with E-state index in [1.54, 1.807) is 0 Å². The molecule has 0 aliphatic rings. The summed E-state index contributed by atoms with van der Waals surface area (Å²) < 4.78 is 19.8. The maximum atomic E-state index is 6.20. The highest BCUT2D eigenvalue weighted by Gasteiger charge is 2.45. The van der Waals surface area contributed by atoms with Gasteiger partial charge in [-0.2, -0.15) is 0 Å². The van der Waals surface area contributed by atoms with Gasteiger partial charge in [-0.05, 0) is 60.4 Å². The molecule has 0 N–H and O–H groups in total. The molecule has 21 heavy (non-hydrogen) atoms. The molecule has 0 atom stereocenters. The van der Waals surface area contributed by atoms with Gasteiger partial charge < -0.3 is 13.3 Å². The first-order chi connectivity index (χ1) is 10.1. The Morgan fingerprint density at radius 2 is 1.38 bits per heavy atom. The highest BCUT2D eigenvalue weighted by Crippen LogP contribution is 2.18. The summed E-state index contributed by atoms with van der Waals surface area (Å²) >= 11 is 2.36. The quantitative estimate of drug-likeness (QED) is 0.421. The van der Waals surface area contributed by atoms with Gasteiger partial charge in [0, 0.05) is 28.6 Å². The second kappa shape index (κ2) is 9.94.